The van der Waals surface area contributed by atoms with E-state index in [1.54, 1.807) is 0 Å². The van der Waals surface area contributed by atoms with E-state index in [0.29, 0.717) is 11.7 Å². The molecule has 0 atom stereocenters. The lowest BCUT2D eigenvalue weighted by atomic mass is 10.00. The Hall–Kier alpha value is -5.16. The van der Waals surface area contributed by atoms with Crippen molar-refractivity contribution in [1.82, 2.24) is 4.98 Å². The van der Waals surface area contributed by atoms with Gasteiger partial charge in [0.1, 0.15) is 0 Å². The monoisotopic (exact) mass is 509 g/mol. The van der Waals surface area contributed by atoms with Gasteiger partial charge in [0.25, 0.3) is 5.91 Å². The summed E-state index contributed by atoms with van der Waals surface area (Å²) in [6.07, 6.45) is 0. The predicted octanol–water partition coefficient (Wildman–Crippen LogP) is 8.15. The highest BCUT2D eigenvalue weighted by Crippen LogP contribution is 2.36. The number of rotatable bonds is 6. The van der Waals surface area contributed by atoms with Crippen LogP contribution in [-0.2, 0) is 0 Å². The van der Waals surface area contributed by atoms with Crippen molar-refractivity contribution in [3.8, 4) is 33.9 Å². The molecule has 0 saturated carbocycles. The molecular weight excluding hydrogens is 482 g/mol. The summed E-state index contributed by atoms with van der Waals surface area (Å²) in [5, 5.41) is 5.09. The number of nitrogens with zero attached hydrogens (tertiary/aromatic N) is 2. The number of carbonyl (C=O) groups excluding carboxylic acids is 1. The molecule has 1 aromatic heterocycles. The maximum Gasteiger partial charge on any atom is 0.278 e. The highest BCUT2D eigenvalue weighted by Gasteiger charge is 2.24. The van der Waals surface area contributed by atoms with Crippen molar-refractivity contribution in [2.75, 3.05) is 24.3 Å². The van der Waals surface area contributed by atoms with Crippen molar-refractivity contribution in [1.29, 1.82) is 0 Å². The van der Waals surface area contributed by atoms with Crippen molar-refractivity contribution >= 4 is 28.1 Å². The largest absolute Gasteiger partial charge is 0.435 e. The number of fused-ring (bicyclic) bond motifs is 1. The highest BCUT2D eigenvalue weighted by molar-refractivity contribution is 6.11. The smallest absolute Gasteiger partial charge is 0.278 e. The maximum absolute atomic E-state index is 13.8. The number of benzene rings is 5. The Morgan fingerprint density at radius 3 is 2.13 bits per heavy atom. The van der Waals surface area contributed by atoms with Gasteiger partial charge in [0.05, 0.1) is 0 Å². The highest BCUT2D eigenvalue weighted by atomic mass is 16.4. The molecule has 0 bridgehead atoms. The third-order valence-corrected chi connectivity index (χ3v) is 6.77. The van der Waals surface area contributed by atoms with Gasteiger partial charge < -0.3 is 14.6 Å². The van der Waals surface area contributed by atoms with Crippen molar-refractivity contribution in [2.24, 2.45) is 0 Å². The first-order chi connectivity index (χ1) is 19.1. The van der Waals surface area contributed by atoms with Gasteiger partial charge >= 0.3 is 0 Å². The van der Waals surface area contributed by atoms with Gasteiger partial charge in [-0.2, -0.15) is 0 Å². The third-order valence-electron chi connectivity index (χ3n) is 6.77. The summed E-state index contributed by atoms with van der Waals surface area (Å²) in [7, 11) is 3.98. The lowest BCUT2D eigenvalue weighted by Gasteiger charge is -2.12. The number of anilines is 2. The molecule has 5 aromatic carbocycles. The molecule has 0 saturated heterocycles. The molecule has 5 heteroatoms. The summed E-state index contributed by atoms with van der Waals surface area (Å²) in [4.78, 5) is 20.6. The second-order valence-corrected chi connectivity index (χ2v) is 9.53. The average molecular weight is 510 g/mol. The first-order valence-corrected chi connectivity index (χ1v) is 12.8. The fourth-order valence-electron chi connectivity index (χ4n) is 4.75. The van der Waals surface area contributed by atoms with Crippen LogP contribution < -0.4 is 10.2 Å². The standard InChI is InChI=1S/C34H27N3O2/c1-37(2)26-21-19-25(20-22-26)32-31(33(38)35-30-18-10-14-24-13-6-7-16-28(24)30)36-34(39-32)29-17-9-8-15-27(29)23-11-4-3-5-12-23/h3-22H,1-2H3,(H,35,38). The first-order valence-electron chi connectivity index (χ1n) is 12.8. The zero-order valence-corrected chi connectivity index (χ0v) is 21.8. The summed E-state index contributed by atoms with van der Waals surface area (Å²) in [5.74, 6) is 0.491. The van der Waals surface area contributed by atoms with E-state index in [1.165, 1.54) is 0 Å². The van der Waals surface area contributed by atoms with Crippen LogP contribution in [0.3, 0.4) is 0 Å². The zero-order valence-electron chi connectivity index (χ0n) is 21.8. The van der Waals surface area contributed by atoms with Gasteiger partial charge in [-0.3, -0.25) is 4.79 Å². The summed E-state index contributed by atoms with van der Waals surface area (Å²) < 4.78 is 6.41. The van der Waals surface area contributed by atoms with Crippen molar-refractivity contribution in [2.45, 2.75) is 0 Å². The van der Waals surface area contributed by atoms with Crippen LogP contribution in [0.2, 0.25) is 0 Å². The third kappa shape index (κ3) is 4.78. The molecule has 0 unspecified atom stereocenters. The molecule has 1 N–H and O–H groups in total. The summed E-state index contributed by atoms with van der Waals surface area (Å²) in [5.41, 5.74) is 5.63. The minimum Gasteiger partial charge on any atom is -0.435 e. The predicted molar refractivity (Wildman–Crippen MR) is 159 cm³/mol. The lowest BCUT2D eigenvalue weighted by molar-refractivity contribution is 0.102. The molecule has 0 fully saturated rings. The normalized spacial score (nSPS) is 10.9. The van der Waals surface area contributed by atoms with E-state index in [0.717, 1.165) is 44.4 Å². The number of carbonyl (C=O) groups is 1. The number of hydrogen-bond acceptors (Lipinski definition) is 4. The molecule has 190 valence electrons. The number of amides is 1. The van der Waals surface area contributed by atoms with Crippen molar-refractivity contribution in [3.05, 3.63) is 127 Å². The quantitative estimate of drug-likeness (QED) is 0.246. The van der Waals surface area contributed by atoms with Crippen molar-refractivity contribution < 1.29 is 9.21 Å². The van der Waals surface area contributed by atoms with Gasteiger partial charge in [-0.05, 0) is 52.9 Å². The minimum absolute atomic E-state index is 0.235. The molecule has 1 heterocycles. The molecule has 1 amide bonds. The first kappa shape index (κ1) is 24.2. The molecule has 0 aliphatic rings. The van der Waals surface area contributed by atoms with Crippen molar-refractivity contribution in [3.63, 3.8) is 0 Å². The van der Waals surface area contributed by atoms with Gasteiger partial charge in [-0.25, -0.2) is 4.98 Å². The van der Waals surface area contributed by atoms with Gasteiger partial charge in [0.2, 0.25) is 5.89 Å². The van der Waals surface area contributed by atoms with Crippen LogP contribution in [0.4, 0.5) is 11.4 Å². The lowest BCUT2D eigenvalue weighted by Crippen LogP contribution is -2.14. The minimum atomic E-state index is -0.328. The molecule has 39 heavy (non-hydrogen) atoms. The fourth-order valence-corrected chi connectivity index (χ4v) is 4.75. The Labute approximate surface area is 227 Å². The number of oxazole rings is 1. The molecule has 6 aromatic rings. The average Bonchev–Trinajstić information content (AvgIpc) is 3.44. The molecule has 5 nitrogen and oxygen atoms in total. The van der Waals surface area contributed by atoms with E-state index in [1.807, 2.05) is 128 Å². The van der Waals surface area contributed by atoms with Crippen LogP contribution in [0.1, 0.15) is 10.5 Å². The summed E-state index contributed by atoms with van der Waals surface area (Å²) >= 11 is 0. The van der Waals surface area contributed by atoms with E-state index < -0.39 is 0 Å². The second-order valence-electron chi connectivity index (χ2n) is 9.53. The fraction of sp³-hybridized carbons (Fsp3) is 0.0588. The number of nitrogens with one attached hydrogen (secondary N) is 1. The van der Waals surface area contributed by atoms with Gasteiger partial charge in [0.15, 0.2) is 11.5 Å². The molecule has 6 rings (SSSR count). The van der Waals surface area contributed by atoms with Crippen LogP contribution in [0.5, 0.6) is 0 Å². The SMILES string of the molecule is CN(C)c1ccc(-c2oc(-c3ccccc3-c3ccccc3)nc2C(=O)Nc2cccc3ccccc23)cc1. The van der Waals surface area contributed by atoms with E-state index >= 15 is 0 Å². The van der Waals surface area contributed by atoms with Gasteiger partial charge in [0, 0.05) is 42.0 Å². The second kappa shape index (κ2) is 10.3. The van der Waals surface area contributed by atoms with E-state index in [2.05, 4.69) is 17.4 Å². The van der Waals surface area contributed by atoms with E-state index in [9.17, 15) is 4.79 Å². The zero-order chi connectivity index (χ0) is 26.8. The molecule has 0 radical (unpaired) electrons. The molecule has 0 aliphatic heterocycles. The topological polar surface area (TPSA) is 58.4 Å². The number of aromatic nitrogens is 1. The van der Waals surface area contributed by atoms with E-state index in [4.69, 9.17) is 9.40 Å². The van der Waals surface area contributed by atoms with Crippen LogP contribution in [-0.4, -0.2) is 25.0 Å². The Balaban J connectivity index is 1.47. The summed E-state index contributed by atoms with van der Waals surface area (Å²) in [6.45, 7) is 0. The van der Waals surface area contributed by atoms with E-state index in [-0.39, 0.29) is 11.6 Å². The molecule has 0 aliphatic carbocycles. The Kier molecular flexibility index (Phi) is 6.39. The number of hydrogen-bond donors (Lipinski definition) is 1. The Morgan fingerprint density at radius 2 is 1.36 bits per heavy atom. The Morgan fingerprint density at radius 1 is 0.692 bits per heavy atom. The van der Waals surface area contributed by atoms with Crippen LogP contribution in [0.15, 0.2) is 126 Å². The van der Waals surface area contributed by atoms with Gasteiger partial charge in [-0.15, -0.1) is 0 Å². The molecule has 0 spiro atoms. The van der Waals surface area contributed by atoms with Gasteiger partial charge in [-0.1, -0.05) is 84.9 Å². The van der Waals surface area contributed by atoms with Crippen LogP contribution >= 0.6 is 0 Å². The Bertz CT molecular complexity index is 1770. The summed E-state index contributed by atoms with van der Waals surface area (Å²) in [6, 6.07) is 39.8. The maximum atomic E-state index is 13.8. The molecular formula is C34H27N3O2. The van der Waals surface area contributed by atoms with Crippen LogP contribution in [0, 0.1) is 0 Å². The van der Waals surface area contributed by atoms with Crippen LogP contribution in [0.25, 0.3) is 44.7 Å².